The quantitative estimate of drug-likeness (QED) is 0.316. The van der Waals surface area contributed by atoms with E-state index in [9.17, 15) is 30.6 Å². The normalized spacial score (nSPS) is 46.1. The van der Waals surface area contributed by atoms with Crippen molar-refractivity contribution in [3.8, 4) is 37.0 Å². The van der Waals surface area contributed by atoms with Crippen LogP contribution in [0.4, 0.5) is 0 Å². The number of aliphatic hydroxyl groups excluding tert-OH is 3. The third-order valence-electron chi connectivity index (χ3n) is 4.16. The van der Waals surface area contributed by atoms with Gasteiger partial charge in [0.1, 0.15) is 35.1 Å². The SMILES string of the molecule is C#CCC1(O)[C@](O)(CC#C)[C@H](O)C(O)[C@@H](O)[C@@]1(O)CC#C. The van der Waals surface area contributed by atoms with Crippen LogP contribution in [0.2, 0.25) is 0 Å². The third-order valence-corrected chi connectivity index (χ3v) is 4.16. The Labute approximate surface area is 123 Å². The Balaban J connectivity index is 3.61. The van der Waals surface area contributed by atoms with Crippen LogP contribution in [-0.2, 0) is 0 Å². The Morgan fingerprint density at radius 2 is 1.05 bits per heavy atom. The summed E-state index contributed by atoms with van der Waals surface area (Å²) >= 11 is 0. The van der Waals surface area contributed by atoms with Crippen molar-refractivity contribution in [2.75, 3.05) is 0 Å². The highest BCUT2D eigenvalue weighted by Crippen LogP contribution is 2.49. The van der Waals surface area contributed by atoms with Crippen LogP contribution < -0.4 is 0 Å². The van der Waals surface area contributed by atoms with Crippen molar-refractivity contribution in [1.29, 1.82) is 0 Å². The summed E-state index contributed by atoms with van der Waals surface area (Å²) in [7, 11) is 0. The molecular weight excluding hydrogens is 276 g/mol. The standard InChI is InChI=1S/C15H18O6/c1-4-7-13(19)11(17)10(16)12(18)14(20,8-5-2)15(13,21)9-6-3/h1-3,10-12,16-21H,7-9H2/t10?,11-,12-,13+,14+,15?/m1/s1. The molecule has 0 aromatic heterocycles. The molecule has 1 aliphatic rings. The molecule has 0 amide bonds. The monoisotopic (exact) mass is 294 g/mol. The number of rotatable bonds is 3. The summed E-state index contributed by atoms with van der Waals surface area (Å²) in [6.45, 7) is 0. The minimum atomic E-state index is -2.61. The lowest BCUT2D eigenvalue weighted by atomic mass is 9.56. The van der Waals surface area contributed by atoms with Crippen molar-refractivity contribution in [2.45, 2.75) is 54.4 Å². The van der Waals surface area contributed by atoms with Crippen LogP contribution in [0.3, 0.4) is 0 Å². The van der Waals surface area contributed by atoms with Gasteiger partial charge in [0, 0.05) is 19.3 Å². The van der Waals surface area contributed by atoms with Crippen LogP contribution in [-0.4, -0.2) is 65.8 Å². The average Bonchev–Trinajstić information content (AvgIpc) is 2.43. The third kappa shape index (κ3) is 2.12. The van der Waals surface area contributed by atoms with Crippen LogP contribution >= 0.6 is 0 Å². The molecule has 0 heterocycles. The number of aliphatic hydroxyl groups is 6. The first kappa shape index (κ1) is 17.5. The van der Waals surface area contributed by atoms with Crippen molar-refractivity contribution in [2.24, 2.45) is 0 Å². The number of terminal acetylenes is 3. The molecule has 6 N–H and O–H groups in total. The molecule has 0 bridgehead atoms. The molecule has 0 aromatic carbocycles. The van der Waals surface area contributed by atoms with Gasteiger partial charge in [-0.25, -0.2) is 0 Å². The van der Waals surface area contributed by atoms with E-state index < -0.39 is 54.4 Å². The fourth-order valence-corrected chi connectivity index (χ4v) is 2.87. The molecule has 0 radical (unpaired) electrons. The average molecular weight is 294 g/mol. The van der Waals surface area contributed by atoms with E-state index in [-0.39, 0.29) is 0 Å². The fraction of sp³-hybridized carbons (Fsp3) is 0.600. The van der Waals surface area contributed by atoms with E-state index in [0.717, 1.165) is 0 Å². The van der Waals surface area contributed by atoms with Crippen molar-refractivity contribution >= 4 is 0 Å². The minimum Gasteiger partial charge on any atom is -0.387 e. The van der Waals surface area contributed by atoms with Crippen LogP contribution in [0, 0.1) is 37.0 Å². The van der Waals surface area contributed by atoms with Gasteiger partial charge in [0.2, 0.25) is 0 Å². The van der Waals surface area contributed by atoms with E-state index in [1.807, 2.05) is 11.8 Å². The molecule has 6 nitrogen and oxygen atoms in total. The molecule has 0 saturated heterocycles. The maximum absolute atomic E-state index is 10.8. The maximum Gasteiger partial charge on any atom is 0.140 e. The Hall–Kier alpha value is -1.56. The molecule has 0 aliphatic heterocycles. The molecule has 1 saturated carbocycles. The van der Waals surface area contributed by atoms with Crippen LogP contribution in [0.5, 0.6) is 0 Å². The predicted octanol–water partition coefficient (Wildman–Crippen LogP) is -2.65. The highest BCUT2D eigenvalue weighted by molar-refractivity contribution is 5.29. The van der Waals surface area contributed by atoms with Gasteiger partial charge in [-0.3, -0.25) is 0 Å². The lowest BCUT2D eigenvalue weighted by Gasteiger charge is -2.59. The second-order valence-electron chi connectivity index (χ2n) is 5.23. The topological polar surface area (TPSA) is 121 Å². The van der Waals surface area contributed by atoms with E-state index in [1.165, 1.54) is 0 Å². The Morgan fingerprint density at radius 1 is 0.714 bits per heavy atom. The van der Waals surface area contributed by atoms with Crippen molar-refractivity contribution in [1.82, 2.24) is 0 Å². The smallest absolute Gasteiger partial charge is 0.140 e. The summed E-state index contributed by atoms with van der Waals surface area (Å²) < 4.78 is 0. The summed E-state index contributed by atoms with van der Waals surface area (Å²) in [6, 6.07) is 0. The number of hydrogen-bond donors (Lipinski definition) is 6. The first-order chi connectivity index (χ1) is 9.66. The van der Waals surface area contributed by atoms with Crippen molar-refractivity contribution in [3.05, 3.63) is 0 Å². The first-order valence-corrected chi connectivity index (χ1v) is 6.18. The van der Waals surface area contributed by atoms with Gasteiger partial charge in [0.25, 0.3) is 0 Å². The molecule has 0 spiro atoms. The van der Waals surface area contributed by atoms with E-state index in [4.69, 9.17) is 19.3 Å². The Morgan fingerprint density at radius 3 is 1.33 bits per heavy atom. The van der Waals surface area contributed by atoms with Gasteiger partial charge < -0.3 is 30.6 Å². The van der Waals surface area contributed by atoms with Gasteiger partial charge in [-0.15, -0.1) is 37.0 Å². The van der Waals surface area contributed by atoms with Crippen molar-refractivity contribution in [3.63, 3.8) is 0 Å². The maximum atomic E-state index is 10.8. The first-order valence-electron chi connectivity index (χ1n) is 6.18. The summed E-state index contributed by atoms with van der Waals surface area (Å²) in [5.74, 6) is 6.14. The van der Waals surface area contributed by atoms with Gasteiger partial charge in [-0.2, -0.15) is 0 Å². The van der Waals surface area contributed by atoms with E-state index >= 15 is 0 Å². The van der Waals surface area contributed by atoms with Gasteiger partial charge in [-0.1, -0.05) is 0 Å². The zero-order valence-corrected chi connectivity index (χ0v) is 11.3. The van der Waals surface area contributed by atoms with E-state index in [0.29, 0.717) is 0 Å². The minimum absolute atomic E-state index is 0.622. The summed E-state index contributed by atoms with van der Waals surface area (Å²) in [5.41, 5.74) is -7.69. The van der Waals surface area contributed by atoms with E-state index in [1.54, 1.807) is 0 Å². The lowest BCUT2D eigenvalue weighted by Crippen LogP contribution is -2.82. The second-order valence-corrected chi connectivity index (χ2v) is 5.23. The van der Waals surface area contributed by atoms with E-state index in [2.05, 4.69) is 5.92 Å². The largest absolute Gasteiger partial charge is 0.387 e. The molecule has 21 heavy (non-hydrogen) atoms. The highest BCUT2D eigenvalue weighted by atomic mass is 16.4. The zero-order chi connectivity index (χ0) is 16.5. The van der Waals surface area contributed by atoms with Crippen LogP contribution in [0.25, 0.3) is 0 Å². The fourth-order valence-electron chi connectivity index (χ4n) is 2.87. The van der Waals surface area contributed by atoms with Gasteiger partial charge in [0.05, 0.1) is 0 Å². The summed E-state index contributed by atoms with van der Waals surface area (Å²) in [5, 5.41) is 61.8. The van der Waals surface area contributed by atoms with Crippen LogP contribution in [0.15, 0.2) is 0 Å². The molecule has 114 valence electrons. The summed E-state index contributed by atoms with van der Waals surface area (Å²) in [6.07, 6.45) is 7.46. The second kappa shape index (κ2) is 5.67. The van der Waals surface area contributed by atoms with Gasteiger partial charge in [0.15, 0.2) is 0 Å². The van der Waals surface area contributed by atoms with Crippen LogP contribution in [0.1, 0.15) is 19.3 Å². The lowest BCUT2D eigenvalue weighted by molar-refractivity contribution is -0.346. The molecule has 1 fully saturated rings. The predicted molar refractivity (Wildman–Crippen MR) is 73.2 cm³/mol. The van der Waals surface area contributed by atoms with Gasteiger partial charge in [-0.05, 0) is 0 Å². The summed E-state index contributed by atoms with van der Waals surface area (Å²) in [4.78, 5) is 0. The zero-order valence-electron chi connectivity index (χ0n) is 11.3. The van der Waals surface area contributed by atoms with Gasteiger partial charge >= 0.3 is 0 Å². The molecule has 4 atom stereocenters. The van der Waals surface area contributed by atoms with Crippen molar-refractivity contribution < 1.29 is 30.6 Å². The molecule has 1 aliphatic carbocycles. The highest BCUT2D eigenvalue weighted by Gasteiger charge is 2.72. The Bertz CT molecular complexity index is 488. The molecule has 0 aromatic rings. The Kier molecular flexibility index (Phi) is 4.73. The number of hydrogen-bond acceptors (Lipinski definition) is 6. The molecular formula is C15H18O6. The molecule has 1 rings (SSSR count). The molecule has 6 heteroatoms. The molecule has 0 unspecified atom stereocenters.